The van der Waals surface area contributed by atoms with E-state index in [0.717, 1.165) is 40.9 Å². The van der Waals surface area contributed by atoms with Crippen molar-refractivity contribution in [3.8, 4) is 0 Å². The maximum atomic E-state index is 13.2. The Balaban J connectivity index is 1.47. The van der Waals surface area contributed by atoms with Gasteiger partial charge in [-0.25, -0.2) is 4.68 Å². The van der Waals surface area contributed by atoms with E-state index >= 15 is 0 Å². The molecule has 0 amide bonds. The molecule has 0 radical (unpaired) electrons. The molecule has 0 saturated carbocycles. The number of aromatic amines is 1. The molecule has 5 aromatic rings. The van der Waals surface area contributed by atoms with Gasteiger partial charge in [0, 0.05) is 18.7 Å². The van der Waals surface area contributed by atoms with Crippen LogP contribution in [-0.4, -0.2) is 30.1 Å². The first-order chi connectivity index (χ1) is 18.0. The van der Waals surface area contributed by atoms with E-state index in [0.29, 0.717) is 25.2 Å². The standard InChI is InChI=1S/C29H32N6O2/c1-4-26(28-31-32-33-35(28)13-12-22-9-6-5-7-10-22)34(19-25-11-8-14-37-25)18-24-17-23-16-20(2)15-21(3)27(23)30-29(24)36/h5-11,14-17,26H,4,12-13,18-19H2,1-3H3,(H,30,36)/t26-/m1/s1. The van der Waals surface area contributed by atoms with Crippen molar-refractivity contribution in [3.63, 3.8) is 0 Å². The fraction of sp³-hybridized carbons (Fsp3) is 0.310. The van der Waals surface area contributed by atoms with Gasteiger partial charge < -0.3 is 9.40 Å². The van der Waals surface area contributed by atoms with Crippen LogP contribution in [0.1, 0.15) is 53.2 Å². The van der Waals surface area contributed by atoms with Gasteiger partial charge in [0.25, 0.3) is 5.56 Å². The molecule has 0 fully saturated rings. The summed E-state index contributed by atoms with van der Waals surface area (Å²) in [4.78, 5) is 18.5. The van der Waals surface area contributed by atoms with Crippen LogP contribution in [0.2, 0.25) is 0 Å². The number of aromatic nitrogens is 5. The minimum atomic E-state index is -0.106. The Morgan fingerprint density at radius 1 is 1.05 bits per heavy atom. The van der Waals surface area contributed by atoms with Gasteiger partial charge >= 0.3 is 0 Å². The second-order valence-corrected chi connectivity index (χ2v) is 9.57. The summed E-state index contributed by atoms with van der Waals surface area (Å²) >= 11 is 0. The minimum Gasteiger partial charge on any atom is -0.468 e. The monoisotopic (exact) mass is 496 g/mol. The summed E-state index contributed by atoms with van der Waals surface area (Å²) in [7, 11) is 0. The van der Waals surface area contributed by atoms with Crippen molar-refractivity contribution in [2.45, 2.75) is 59.3 Å². The van der Waals surface area contributed by atoms with E-state index in [-0.39, 0.29) is 11.6 Å². The van der Waals surface area contributed by atoms with Crippen LogP contribution in [0.25, 0.3) is 10.9 Å². The number of tetrazole rings is 1. The van der Waals surface area contributed by atoms with Gasteiger partial charge in [0.1, 0.15) is 5.76 Å². The highest BCUT2D eigenvalue weighted by Crippen LogP contribution is 2.27. The Kier molecular flexibility index (Phi) is 7.28. The Morgan fingerprint density at radius 2 is 1.89 bits per heavy atom. The molecule has 3 aromatic heterocycles. The van der Waals surface area contributed by atoms with E-state index in [1.165, 1.54) is 11.1 Å². The molecular formula is C29H32N6O2. The number of pyridine rings is 1. The van der Waals surface area contributed by atoms with Crippen LogP contribution >= 0.6 is 0 Å². The number of fused-ring (bicyclic) bond motifs is 1. The van der Waals surface area contributed by atoms with Gasteiger partial charge in [-0.15, -0.1) is 5.10 Å². The summed E-state index contributed by atoms with van der Waals surface area (Å²) in [5.41, 5.74) is 4.97. The van der Waals surface area contributed by atoms with E-state index in [1.54, 1.807) is 6.26 Å². The zero-order chi connectivity index (χ0) is 25.8. The number of hydrogen-bond acceptors (Lipinski definition) is 6. The first-order valence-corrected chi connectivity index (χ1v) is 12.7. The van der Waals surface area contributed by atoms with Gasteiger partial charge in [0.15, 0.2) is 5.82 Å². The topological polar surface area (TPSA) is 92.8 Å². The zero-order valence-electron chi connectivity index (χ0n) is 21.5. The summed E-state index contributed by atoms with van der Waals surface area (Å²) < 4.78 is 7.58. The third-order valence-corrected chi connectivity index (χ3v) is 6.82. The lowest BCUT2D eigenvalue weighted by Crippen LogP contribution is -2.32. The predicted molar refractivity (Wildman–Crippen MR) is 143 cm³/mol. The highest BCUT2D eigenvalue weighted by atomic mass is 16.3. The van der Waals surface area contributed by atoms with Gasteiger partial charge in [-0.05, 0) is 77.9 Å². The van der Waals surface area contributed by atoms with Crippen LogP contribution in [0.15, 0.2) is 76.1 Å². The van der Waals surface area contributed by atoms with E-state index in [2.05, 4.69) is 63.5 Å². The Bertz CT molecular complexity index is 1520. The van der Waals surface area contributed by atoms with Crippen molar-refractivity contribution < 1.29 is 4.42 Å². The SMILES string of the molecule is CC[C@H](c1nnnn1CCc1ccccc1)N(Cc1ccco1)Cc1cc2cc(C)cc(C)c2[nH]c1=O. The number of aryl methyl sites for hydroxylation is 4. The quantitative estimate of drug-likeness (QED) is 0.288. The first-order valence-electron chi connectivity index (χ1n) is 12.7. The van der Waals surface area contributed by atoms with E-state index in [1.807, 2.05) is 48.0 Å². The molecule has 1 N–H and O–H groups in total. The molecule has 0 bridgehead atoms. The van der Waals surface area contributed by atoms with Crippen molar-refractivity contribution in [1.82, 2.24) is 30.1 Å². The average Bonchev–Trinajstić information content (AvgIpc) is 3.57. The second-order valence-electron chi connectivity index (χ2n) is 9.57. The number of nitrogens with one attached hydrogen (secondary N) is 1. The molecule has 0 aliphatic rings. The minimum absolute atomic E-state index is 0.0811. The molecule has 5 rings (SSSR count). The molecule has 0 aliphatic carbocycles. The smallest absolute Gasteiger partial charge is 0.252 e. The van der Waals surface area contributed by atoms with E-state index < -0.39 is 0 Å². The highest BCUT2D eigenvalue weighted by Gasteiger charge is 2.26. The molecular weight excluding hydrogens is 464 g/mol. The van der Waals surface area contributed by atoms with Gasteiger partial charge in [0.2, 0.25) is 0 Å². The Hall–Kier alpha value is -4.04. The normalized spacial score (nSPS) is 12.4. The number of rotatable bonds is 10. The van der Waals surface area contributed by atoms with Gasteiger partial charge in [0.05, 0.1) is 24.4 Å². The van der Waals surface area contributed by atoms with Gasteiger partial charge in [-0.2, -0.15) is 0 Å². The summed E-state index contributed by atoms with van der Waals surface area (Å²) in [6.45, 7) is 7.85. The fourth-order valence-corrected chi connectivity index (χ4v) is 5.04. The van der Waals surface area contributed by atoms with Crippen molar-refractivity contribution in [2.24, 2.45) is 0 Å². The van der Waals surface area contributed by atoms with Crippen LogP contribution < -0.4 is 5.56 Å². The van der Waals surface area contributed by atoms with E-state index in [9.17, 15) is 4.79 Å². The maximum Gasteiger partial charge on any atom is 0.252 e. The van der Waals surface area contributed by atoms with Crippen molar-refractivity contribution in [3.05, 3.63) is 111 Å². The second kappa shape index (κ2) is 10.9. The van der Waals surface area contributed by atoms with Gasteiger partial charge in [-0.3, -0.25) is 9.69 Å². The molecule has 2 aromatic carbocycles. The third-order valence-electron chi connectivity index (χ3n) is 6.82. The number of furan rings is 1. The molecule has 0 unspecified atom stereocenters. The zero-order valence-corrected chi connectivity index (χ0v) is 21.5. The lowest BCUT2D eigenvalue weighted by Gasteiger charge is -2.29. The maximum absolute atomic E-state index is 13.2. The van der Waals surface area contributed by atoms with Crippen LogP contribution in [0.3, 0.4) is 0 Å². The number of hydrogen-bond donors (Lipinski definition) is 1. The van der Waals surface area contributed by atoms with Crippen LogP contribution in [-0.2, 0) is 26.1 Å². The van der Waals surface area contributed by atoms with Crippen LogP contribution in [0, 0.1) is 13.8 Å². The molecule has 37 heavy (non-hydrogen) atoms. The van der Waals surface area contributed by atoms with Crippen molar-refractivity contribution in [1.29, 1.82) is 0 Å². The highest BCUT2D eigenvalue weighted by molar-refractivity contribution is 5.82. The molecule has 8 heteroatoms. The molecule has 0 spiro atoms. The summed E-state index contributed by atoms with van der Waals surface area (Å²) in [6.07, 6.45) is 3.28. The number of nitrogens with zero attached hydrogens (tertiary/aromatic N) is 5. The molecule has 8 nitrogen and oxygen atoms in total. The molecule has 0 saturated heterocycles. The fourth-order valence-electron chi connectivity index (χ4n) is 5.04. The average molecular weight is 497 g/mol. The summed E-state index contributed by atoms with van der Waals surface area (Å²) in [5, 5.41) is 13.8. The first kappa shape index (κ1) is 24.6. The Labute approximate surface area is 215 Å². The number of H-pyrrole nitrogens is 1. The predicted octanol–water partition coefficient (Wildman–Crippen LogP) is 5.12. The van der Waals surface area contributed by atoms with Crippen LogP contribution in [0.5, 0.6) is 0 Å². The number of benzene rings is 2. The van der Waals surface area contributed by atoms with Gasteiger partial charge in [-0.1, -0.05) is 48.9 Å². The summed E-state index contributed by atoms with van der Waals surface area (Å²) in [5.74, 6) is 1.61. The lowest BCUT2D eigenvalue weighted by molar-refractivity contribution is 0.148. The van der Waals surface area contributed by atoms with Crippen LogP contribution in [0.4, 0.5) is 0 Å². The third kappa shape index (κ3) is 5.54. The Morgan fingerprint density at radius 3 is 2.65 bits per heavy atom. The molecule has 1 atom stereocenters. The molecule has 190 valence electrons. The van der Waals surface area contributed by atoms with Crippen molar-refractivity contribution in [2.75, 3.05) is 0 Å². The molecule has 0 aliphatic heterocycles. The molecule has 3 heterocycles. The van der Waals surface area contributed by atoms with Crippen molar-refractivity contribution >= 4 is 10.9 Å². The summed E-state index contributed by atoms with van der Waals surface area (Å²) in [6, 6.07) is 20.3. The lowest BCUT2D eigenvalue weighted by atomic mass is 10.0. The van der Waals surface area contributed by atoms with E-state index in [4.69, 9.17) is 4.42 Å². The largest absolute Gasteiger partial charge is 0.468 e.